The number of benzene rings is 1. The van der Waals surface area contributed by atoms with Gasteiger partial charge in [0.05, 0.1) is 10.9 Å². The van der Waals surface area contributed by atoms with Gasteiger partial charge in [0.1, 0.15) is 16.7 Å². The molecule has 6 nitrogen and oxygen atoms in total. The zero-order valence-electron chi connectivity index (χ0n) is 14.9. The molecule has 2 aliphatic rings. The molecule has 1 N–H and O–H groups in total. The predicted octanol–water partition coefficient (Wildman–Crippen LogP) is 3.30. The van der Waals surface area contributed by atoms with E-state index < -0.39 is 17.2 Å². The highest BCUT2D eigenvalue weighted by molar-refractivity contribution is 6.36. The van der Waals surface area contributed by atoms with Gasteiger partial charge in [-0.2, -0.15) is 0 Å². The number of rotatable bonds is 4. The highest BCUT2D eigenvalue weighted by Crippen LogP contribution is 2.42. The third-order valence-electron chi connectivity index (χ3n) is 5.29. The first-order chi connectivity index (χ1) is 12.9. The SMILES string of the molecule is CN1CCC(Oc2c(F)cc3c(=O)c(C(=O)O)cn(C4CC4)c3c2Cl)CC1. The number of likely N-dealkylation sites (tertiary alicyclic amines) is 1. The first kappa shape index (κ1) is 18.3. The normalized spacial score (nSPS) is 18.8. The van der Waals surface area contributed by atoms with Crippen molar-refractivity contribution in [3.63, 3.8) is 0 Å². The fourth-order valence-corrected chi connectivity index (χ4v) is 3.93. The largest absolute Gasteiger partial charge is 0.486 e. The summed E-state index contributed by atoms with van der Waals surface area (Å²) in [6, 6.07) is 1.12. The number of hydrogen-bond acceptors (Lipinski definition) is 4. The van der Waals surface area contributed by atoms with Gasteiger partial charge in [0.2, 0.25) is 5.43 Å². The van der Waals surface area contributed by atoms with E-state index in [0.717, 1.165) is 44.8 Å². The number of nitrogens with zero attached hydrogens (tertiary/aromatic N) is 2. The molecule has 1 aromatic heterocycles. The summed E-state index contributed by atoms with van der Waals surface area (Å²) in [4.78, 5) is 26.1. The van der Waals surface area contributed by atoms with E-state index in [1.54, 1.807) is 4.57 Å². The average molecular weight is 395 g/mol. The minimum Gasteiger partial charge on any atom is -0.486 e. The Morgan fingerprint density at radius 2 is 1.96 bits per heavy atom. The van der Waals surface area contributed by atoms with E-state index in [1.165, 1.54) is 6.20 Å². The first-order valence-corrected chi connectivity index (χ1v) is 9.40. The number of piperidine rings is 1. The summed E-state index contributed by atoms with van der Waals surface area (Å²) >= 11 is 6.49. The van der Waals surface area contributed by atoms with Gasteiger partial charge in [-0.1, -0.05) is 11.6 Å². The van der Waals surface area contributed by atoms with Crippen LogP contribution in [0.3, 0.4) is 0 Å². The Hall–Kier alpha value is -2.12. The molecule has 1 saturated heterocycles. The molecule has 1 aliphatic carbocycles. The van der Waals surface area contributed by atoms with Crippen molar-refractivity contribution in [2.75, 3.05) is 20.1 Å². The molecule has 144 valence electrons. The van der Waals surface area contributed by atoms with E-state index in [2.05, 4.69) is 4.90 Å². The number of halogens is 2. The Kier molecular flexibility index (Phi) is 4.60. The molecule has 2 fully saturated rings. The molecule has 1 aromatic carbocycles. The van der Waals surface area contributed by atoms with E-state index >= 15 is 0 Å². The van der Waals surface area contributed by atoms with Gasteiger partial charge >= 0.3 is 5.97 Å². The van der Waals surface area contributed by atoms with Gasteiger partial charge in [-0.25, -0.2) is 9.18 Å². The van der Waals surface area contributed by atoms with Crippen LogP contribution >= 0.6 is 11.6 Å². The number of carbonyl (C=O) groups is 1. The van der Waals surface area contributed by atoms with E-state index in [4.69, 9.17) is 16.3 Å². The maximum Gasteiger partial charge on any atom is 0.341 e. The minimum atomic E-state index is -1.33. The van der Waals surface area contributed by atoms with Crippen LogP contribution in [0.25, 0.3) is 10.9 Å². The Balaban J connectivity index is 1.85. The minimum absolute atomic E-state index is 0.0278. The third-order valence-corrected chi connectivity index (χ3v) is 5.64. The fraction of sp³-hybridized carbons (Fsp3) is 0.474. The maximum atomic E-state index is 14.8. The van der Waals surface area contributed by atoms with Crippen LogP contribution in [0.15, 0.2) is 17.1 Å². The van der Waals surface area contributed by atoms with Gasteiger partial charge in [0.15, 0.2) is 11.6 Å². The van der Waals surface area contributed by atoms with Crippen molar-refractivity contribution in [3.05, 3.63) is 38.9 Å². The van der Waals surface area contributed by atoms with Crippen LogP contribution in [0.4, 0.5) is 4.39 Å². The fourth-order valence-electron chi connectivity index (χ4n) is 3.59. The van der Waals surface area contributed by atoms with Crippen molar-refractivity contribution in [1.29, 1.82) is 0 Å². The summed E-state index contributed by atoms with van der Waals surface area (Å²) in [5.41, 5.74) is -0.770. The van der Waals surface area contributed by atoms with Crippen LogP contribution in [0.5, 0.6) is 5.75 Å². The Bertz CT molecular complexity index is 978. The number of fused-ring (bicyclic) bond motifs is 1. The van der Waals surface area contributed by atoms with Crippen molar-refractivity contribution in [3.8, 4) is 5.75 Å². The Morgan fingerprint density at radius 1 is 1.30 bits per heavy atom. The second kappa shape index (κ2) is 6.80. The molecule has 1 aliphatic heterocycles. The van der Waals surface area contributed by atoms with E-state index in [9.17, 15) is 19.1 Å². The highest BCUT2D eigenvalue weighted by atomic mass is 35.5. The van der Waals surface area contributed by atoms with E-state index in [-0.39, 0.29) is 33.9 Å². The number of carboxylic acids is 1. The molecule has 0 radical (unpaired) electrons. The van der Waals surface area contributed by atoms with Crippen LogP contribution in [0, 0.1) is 5.82 Å². The lowest BCUT2D eigenvalue weighted by Crippen LogP contribution is -2.35. The lowest BCUT2D eigenvalue weighted by Gasteiger charge is -2.30. The lowest BCUT2D eigenvalue weighted by molar-refractivity contribution is 0.0695. The molecule has 1 saturated carbocycles. The maximum absolute atomic E-state index is 14.8. The van der Waals surface area contributed by atoms with Gasteiger partial charge in [0.25, 0.3) is 0 Å². The van der Waals surface area contributed by atoms with Gasteiger partial charge < -0.3 is 19.3 Å². The van der Waals surface area contributed by atoms with Gasteiger partial charge in [-0.3, -0.25) is 4.79 Å². The van der Waals surface area contributed by atoms with Gasteiger partial charge in [0, 0.05) is 25.3 Å². The molecular formula is C19H20ClFN2O4. The lowest BCUT2D eigenvalue weighted by atomic mass is 10.1. The van der Waals surface area contributed by atoms with Crippen molar-refractivity contribution in [2.45, 2.75) is 37.8 Å². The van der Waals surface area contributed by atoms with Crippen molar-refractivity contribution in [2.24, 2.45) is 0 Å². The van der Waals surface area contributed by atoms with Crippen LogP contribution in [0.1, 0.15) is 42.1 Å². The Labute approximate surface area is 160 Å². The summed E-state index contributed by atoms with van der Waals surface area (Å²) < 4.78 is 22.3. The van der Waals surface area contributed by atoms with Gasteiger partial charge in [-0.15, -0.1) is 0 Å². The molecular weight excluding hydrogens is 375 g/mol. The molecule has 27 heavy (non-hydrogen) atoms. The smallest absolute Gasteiger partial charge is 0.341 e. The molecule has 2 heterocycles. The zero-order valence-corrected chi connectivity index (χ0v) is 15.6. The second-order valence-electron chi connectivity index (χ2n) is 7.33. The predicted molar refractivity (Wildman–Crippen MR) is 99.6 cm³/mol. The average Bonchev–Trinajstić information content (AvgIpc) is 3.46. The molecule has 0 bridgehead atoms. The number of pyridine rings is 1. The summed E-state index contributed by atoms with van der Waals surface area (Å²) in [6.45, 7) is 1.71. The summed E-state index contributed by atoms with van der Waals surface area (Å²) in [7, 11) is 2.02. The van der Waals surface area contributed by atoms with E-state index in [1.807, 2.05) is 7.05 Å². The highest BCUT2D eigenvalue weighted by Gasteiger charge is 2.30. The second-order valence-corrected chi connectivity index (χ2v) is 7.71. The van der Waals surface area contributed by atoms with Crippen LogP contribution in [0.2, 0.25) is 5.02 Å². The third kappa shape index (κ3) is 3.30. The molecule has 8 heteroatoms. The quantitative estimate of drug-likeness (QED) is 0.861. The summed E-state index contributed by atoms with van der Waals surface area (Å²) in [6.07, 6.45) is 4.40. The number of hydrogen-bond donors (Lipinski definition) is 1. The molecule has 0 atom stereocenters. The molecule has 4 rings (SSSR count). The molecule has 0 amide bonds. The van der Waals surface area contributed by atoms with Crippen molar-refractivity contribution >= 4 is 28.5 Å². The van der Waals surface area contributed by atoms with Crippen LogP contribution in [-0.2, 0) is 0 Å². The summed E-state index contributed by atoms with van der Waals surface area (Å²) in [5.74, 6) is -2.14. The van der Waals surface area contributed by atoms with Gasteiger partial charge in [-0.05, 0) is 38.8 Å². The van der Waals surface area contributed by atoms with Crippen LogP contribution in [-0.4, -0.2) is 46.8 Å². The van der Waals surface area contributed by atoms with E-state index in [0.29, 0.717) is 5.52 Å². The van der Waals surface area contributed by atoms with Crippen molar-refractivity contribution in [1.82, 2.24) is 9.47 Å². The molecule has 0 spiro atoms. The number of aromatic nitrogens is 1. The summed E-state index contributed by atoms with van der Waals surface area (Å²) in [5, 5.41) is 9.32. The monoisotopic (exact) mass is 394 g/mol. The molecule has 2 aromatic rings. The zero-order chi connectivity index (χ0) is 19.3. The Morgan fingerprint density at radius 3 is 2.56 bits per heavy atom. The number of carboxylic acid groups (broad SMARTS) is 1. The van der Waals surface area contributed by atoms with Crippen LogP contribution < -0.4 is 10.2 Å². The first-order valence-electron chi connectivity index (χ1n) is 9.02. The number of ether oxygens (including phenoxy) is 1. The number of aromatic carboxylic acids is 1. The molecule has 0 unspecified atom stereocenters. The standard InChI is InChI=1S/C19H20ClFN2O4/c1-22-6-4-11(5-7-22)27-18-14(21)8-12-16(15(18)20)23(10-2-3-10)9-13(17(12)24)19(25)26/h8-11H,2-7H2,1H3,(H,25,26). The topological polar surface area (TPSA) is 71.8 Å². The van der Waals surface area contributed by atoms with Crippen molar-refractivity contribution < 1.29 is 19.0 Å².